The van der Waals surface area contributed by atoms with E-state index in [1.54, 1.807) is 24.1 Å². The number of amides is 1. The molecule has 0 saturated carbocycles. The molecule has 0 N–H and O–H groups in total. The van der Waals surface area contributed by atoms with Crippen molar-refractivity contribution in [2.24, 2.45) is 0 Å². The van der Waals surface area contributed by atoms with Crippen molar-refractivity contribution in [3.8, 4) is 6.07 Å². The van der Waals surface area contributed by atoms with Crippen molar-refractivity contribution in [3.05, 3.63) is 35.4 Å². The van der Waals surface area contributed by atoms with Crippen molar-refractivity contribution in [2.75, 3.05) is 20.2 Å². The first kappa shape index (κ1) is 15.2. The van der Waals surface area contributed by atoms with Crippen LogP contribution in [-0.4, -0.2) is 37.1 Å². The molecule has 0 unspecified atom stereocenters. The topological polar surface area (TPSA) is 53.3 Å². The number of carbonyl (C=O) groups excluding carboxylic acids is 1. The van der Waals surface area contributed by atoms with E-state index in [1.807, 2.05) is 26.0 Å². The van der Waals surface area contributed by atoms with E-state index in [4.69, 9.17) is 10.00 Å². The van der Waals surface area contributed by atoms with E-state index in [9.17, 15) is 4.79 Å². The molecule has 19 heavy (non-hydrogen) atoms. The zero-order valence-corrected chi connectivity index (χ0v) is 11.7. The molecule has 1 aromatic carbocycles. The van der Waals surface area contributed by atoms with E-state index in [0.29, 0.717) is 25.1 Å². The van der Waals surface area contributed by atoms with E-state index in [0.717, 1.165) is 5.56 Å². The van der Waals surface area contributed by atoms with Crippen LogP contribution in [0.4, 0.5) is 0 Å². The predicted molar refractivity (Wildman–Crippen MR) is 73.6 cm³/mol. The predicted octanol–water partition coefficient (Wildman–Crippen LogP) is 1.98. The van der Waals surface area contributed by atoms with Crippen molar-refractivity contribution in [1.82, 2.24) is 4.90 Å². The van der Waals surface area contributed by atoms with Crippen LogP contribution in [0.2, 0.25) is 0 Å². The van der Waals surface area contributed by atoms with Gasteiger partial charge in [-0.15, -0.1) is 0 Å². The molecule has 0 bridgehead atoms. The molecular weight excluding hydrogens is 240 g/mol. The maximum atomic E-state index is 11.9. The molecule has 4 nitrogen and oxygen atoms in total. The quantitative estimate of drug-likeness (QED) is 0.786. The minimum atomic E-state index is 0.0528. The second-order valence-electron chi connectivity index (χ2n) is 4.72. The summed E-state index contributed by atoms with van der Waals surface area (Å²) in [5.74, 6) is 0.0528. The second kappa shape index (κ2) is 7.55. The summed E-state index contributed by atoms with van der Waals surface area (Å²) in [6, 6.07) is 9.14. The summed E-state index contributed by atoms with van der Waals surface area (Å²) in [7, 11) is 1.77. The summed E-state index contributed by atoms with van der Waals surface area (Å²) in [6.45, 7) is 5.08. The first-order valence-corrected chi connectivity index (χ1v) is 6.37. The Balaban J connectivity index is 2.42. The van der Waals surface area contributed by atoms with Gasteiger partial charge < -0.3 is 9.64 Å². The number of hydrogen-bond acceptors (Lipinski definition) is 3. The molecule has 0 aliphatic carbocycles. The van der Waals surface area contributed by atoms with Crippen molar-refractivity contribution < 1.29 is 9.53 Å². The van der Waals surface area contributed by atoms with Gasteiger partial charge in [-0.2, -0.15) is 5.26 Å². The molecule has 1 amide bonds. The Morgan fingerprint density at radius 3 is 2.53 bits per heavy atom. The highest BCUT2D eigenvalue weighted by Crippen LogP contribution is 2.05. The van der Waals surface area contributed by atoms with Crippen LogP contribution in [0, 0.1) is 11.3 Å². The number of ether oxygens (including phenoxy) is 1. The van der Waals surface area contributed by atoms with Gasteiger partial charge in [-0.25, -0.2) is 0 Å². The molecule has 0 spiro atoms. The van der Waals surface area contributed by atoms with Gasteiger partial charge in [0.15, 0.2) is 0 Å². The fourth-order valence-corrected chi connectivity index (χ4v) is 1.56. The molecule has 0 heterocycles. The fourth-order valence-electron chi connectivity index (χ4n) is 1.56. The van der Waals surface area contributed by atoms with Crippen molar-refractivity contribution in [1.29, 1.82) is 5.26 Å². The normalized spacial score (nSPS) is 10.3. The van der Waals surface area contributed by atoms with Gasteiger partial charge in [0.05, 0.1) is 30.8 Å². The van der Waals surface area contributed by atoms with Gasteiger partial charge in [-0.05, 0) is 31.5 Å². The maximum Gasteiger partial charge on any atom is 0.226 e. The molecule has 0 aliphatic heterocycles. The lowest BCUT2D eigenvalue weighted by atomic mass is 10.1. The molecule has 0 radical (unpaired) electrons. The van der Waals surface area contributed by atoms with E-state index in [2.05, 4.69) is 6.07 Å². The molecular formula is C15H20N2O2. The van der Waals surface area contributed by atoms with Crippen LogP contribution < -0.4 is 0 Å². The number of nitriles is 1. The largest absolute Gasteiger partial charge is 0.377 e. The molecule has 0 fully saturated rings. The zero-order valence-electron chi connectivity index (χ0n) is 11.7. The van der Waals surface area contributed by atoms with Crippen LogP contribution in [-0.2, 0) is 16.0 Å². The Kier molecular flexibility index (Phi) is 6.04. The van der Waals surface area contributed by atoms with Crippen LogP contribution >= 0.6 is 0 Å². The third-order valence-electron chi connectivity index (χ3n) is 2.74. The lowest BCUT2D eigenvalue weighted by molar-refractivity contribution is -0.130. The molecule has 102 valence electrons. The smallest absolute Gasteiger partial charge is 0.226 e. The van der Waals surface area contributed by atoms with Gasteiger partial charge in [0.2, 0.25) is 5.91 Å². The number of likely N-dealkylation sites (N-methyl/N-ethyl adjacent to an activating group) is 1. The van der Waals surface area contributed by atoms with Gasteiger partial charge in [0, 0.05) is 13.6 Å². The van der Waals surface area contributed by atoms with Gasteiger partial charge in [-0.1, -0.05) is 12.1 Å². The highest BCUT2D eigenvalue weighted by Gasteiger charge is 2.09. The standard InChI is InChI=1S/C15H20N2O2/c1-12(2)19-9-8-17(3)15(18)10-13-4-6-14(11-16)7-5-13/h4-7,12H,8-10H2,1-3H3. The Labute approximate surface area is 114 Å². The monoisotopic (exact) mass is 260 g/mol. The van der Waals surface area contributed by atoms with Crippen LogP contribution in [0.15, 0.2) is 24.3 Å². The summed E-state index contributed by atoms with van der Waals surface area (Å²) in [4.78, 5) is 13.6. The summed E-state index contributed by atoms with van der Waals surface area (Å²) in [6.07, 6.45) is 0.534. The third kappa shape index (κ3) is 5.54. The van der Waals surface area contributed by atoms with E-state index < -0.39 is 0 Å². The number of rotatable bonds is 6. The van der Waals surface area contributed by atoms with E-state index >= 15 is 0 Å². The van der Waals surface area contributed by atoms with Crippen molar-refractivity contribution in [2.45, 2.75) is 26.4 Å². The summed E-state index contributed by atoms with van der Waals surface area (Å²) >= 11 is 0. The summed E-state index contributed by atoms with van der Waals surface area (Å²) in [5, 5.41) is 8.70. The van der Waals surface area contributed by atoms with Gasteiger partial charge >= 0.3 is 0 Å². The fraction of sp³-hybridized carbons (Fsp3) is 0.467. The lowest BCUT2D eigenvalue weighted by Gasteiger charge is -2.18. The Morgan fingerprint density at radius 1 is 1.37 bits per heavy atom. The molecule has 4 heteroatoms. The van der Waals surface area contributed by atoms with Crippen molar-refractivity contribution >= 4 is 5.91 Å². The second-order valence-corrected chi connectivity index (χ2v) is 4.72. The summed E-state index contributed by atoms with van der Waals surface area (Å²) in [5.41, 5.74) is 1.52. The highest BCUT2D eigenvalue weighted by molar-refractivity contribution is 5.78. The van der Waals surface area contributed by atoms with Gasteiger partial charge in [-0.3, -0.25) is 4.79 Å². The zero-order chi connectivity index (χ0) is 14.3. The SMILES string of the molecule is CC(C)OCCN(C)C(=O)Cc1ccc(C#N)cc1. The Bertz CT molecular complexity index is 446. The Morgan fingerprint density at radius 2 is 2.00 bits per heavy atom. The minimum Gasteiger partial charge on any atom is -0.377 e. The maximum absolute atomic E-state index is 11.9. The Hall–Kier alpha value is -1.86. The van der Waals surface area contributed by atoms with Gasteiger partial charge in [0.1, 0.15) is 0 Å². The molecule has 0 atom stereocenters. The van der Waals surface area contributed by atoms with Crippen LogP contribution in [0.25, 0.3) is 0 Å². The van der Waals surface area contributed by atoms with Crippen LogP contribution in [0.1, 0.15) is 25.0 Å². The lowest BCUT2D eigenvalue weighted by Crippen LogP contribution is -2.31. The van der Waals surface area contributed by atoms with Crippen molar-refractivity contribution in [3.63, 3.8) is 0 Å². The number of carbonyl (C=O) groups is 1. The molecule has 1 aromatic rings. The summed E-state index contributed by atoms with van der Waals surface area (Å²) < 4.78 is 5.41. The molecule has 0 aromatic heterocycles. The van der Waals surface area contributed by atoms with Crippen LogP contribution in [0.5, 0.6) is 0 Å². The average molecular weight is 260 g/mol. The van der Waals surface area contributed by atoms with E-state index in [1.165, 1.54) is 0 Å². The minimum absolute atomic E-state index is 0.0528. The number of benzene rings is 1. The van der Waals surface area contributed by atoms with Gasteiger partial charge in [0.25, 0.3) is 0 Å². The highest BCUT2D eigenvalue weighted by atomic mass is 16.5. The molecule has 1 rings (SSSR count). The first-order valence-electron chi connectivity index (χ1n) is 6.37. The third-order valence-corrected chi connectivity index (χ3v) is 2.74. The number of hydrogen-bond donors (Lipinski definition) is 0. The molecule has 0 saturated heterocycles. The first-order chi connectivity index (χ1) is 9.02. The van der Waals surface area contributed by atoms with E-state index in [-0.39, 0.29) is 12.0 Å². The molecule has 0 aliphatic rings. The average Bonchev–Trinajstić information content (AvgIpc) is 2.39. The number of nitrogens with zero attached hydrogens (tertiary/aromatic N) is 2. The van der Waals surface area contributed by atoms with Crippen LogP contribution in [0.3, 0.4) is 0 Å².